The highest BCUT2D eigenvalue weighted by molar-refractivity contribution is 7.13. The summed E-state index contributed by atoms with van der Waals surface area (Å²) >= 11 is 1.56. The molecule has 0 aromatic carbocycles. The number of aliphatic imine (C=N–C) groups is 1. The van der Waals surface area contributed by atoms with Crippen molar-refractivity contribution in [3.05, 3.63) is 34.6 Å². The van der Waals surface area contributed by atoms with E-state index in [0.717, 1.165) is 27.5 Å². The lowest BCUT2D eigenvalue weighted by Gasteiger charge is -2.10. The molecule has 0 N–H and O–H groups in total. The molecule has 0 unspecified atom stereocenters. The van der Waals surface area contributed by atoms with Gasteiger partial charge in [-0.2, -0.15) is 5.26 Å². The molecule has 0 bridgehead atoms. The summed E-state index contributed by atoms with van der Waals surface area (Å²) in [5.41, 5.74) is 3.36. The minimum Gasteiger partial charge on any atom is -0.286 e. The van der Waals surface area contributed by atoms with E-state index in [9.17, 15) is 0 Å². The van der Waals surface area contributed by atoms with Crippen LogP contribution in [0.15, 0.2) is 22.6 Å². The molecule has 0 radical (unpaired) electrons. The molecule has 0 amide bonds. The van der Waals surface area contributed by atoms with Crippen LogP contribution in [0.1, 0.15) is 30.8 Å². The fourth-order valence-corrected chi connectivity index (χ4v) is 2.96. The Morgan fingerprint density at radius 2 is 2.26 bits per heavy atom. The Morgan fingerprint density at radius 1 is 1.42 bits per heavy atom. The highest BCUT2D eigenvalue weighted by atomic mass is 32.1. The van der Waals surface area contributed by atoms with Crippen molar-refractivity contribution >= 4 is 17.6 Å². The van der Waals surface area contributed by atoms with E-state index in [1.165, 1.54) is 0 Å². The molecule has 4 nitrogen and oxygen atoms in total. The summed E-state index contributed by atoms with van der Waals surface area (Å²) in [4.78, 5) is 13.2. The van der Waals surface area contributed by atoms with Crippen LogP contribution in [0.5, 0.6) is 0 Å². The van der Waals surface area contributed by atoms with Crippen LogP contribution in [0.4, 0.5) is 0 Å². The minimum atomic E-state index is -0.557. The Bertz CT molecular complexity index is 706. The average molecular weight is 268 g/mol. The molecule has 94 valence electrons. The van der Waals surface area contributed by atoms with Crippen LogP contribution < -0.4 is 0 Å². The van der Waals surface area contributed by atoms with Gasteiger partial charge < -0.3 is 0 Å². The van der Waals surface area contributed by atoms with E-state index in [-0.39, 0.29) is 0 Å². The van der Waals surface area contributed by atoms with Crippen molar-refractivity contribution < 1.29 is 0 Å². The first-order chi connectivity index (χ1) is 9.12. The first-order valence-corrected chi connectivity index (χ1v) is 6.85. The predicted molar refractivity (Wildman–Crippen MR) is 75.3 cm³/mol. The van der Waals surface area contributed by atoms with E-state index in [4.69, 9.17) is 5.26 Å². The Morgan fingerprint density at radius 3 is 3.05 bits per heavy atom. The Balaban J connectivity index is 2.08. The lowest BCUT2D eigenvalue weighted by molar-refractivity contribution is 0.666. The lowest BCUT2D eigenvalue weighted by atomic mass is 9.92. The first kappa shape index (κ1) is 12.0. The predicted octanol–water partition coefficient (Wildman–Crippen LogP) is 2.94. The fraction of sp³-hybridized carbons (Fsp3) is 0.286. The van der Waals surface area contributed by atoms with Crippen molar-refractivity contribution in [3.8, 4) is 16.6 Å². The Kier molecular flexibility index (Phi) is 2.68. The fourth-order valence-electron chi connectivity index (χ4n) is 1.94. The molecule has 2 aromatic heterocycles. The van der Waals surface area contributed by atoms with Gasteiger partial charge in [0.05, 0.1) is 29.4 Å². The zero-order chi connectivity index (χ0) is 13.5. The lowest BCUT2D eigenvalue weighted by Crippen LogP contribution is -2.14. The Hall–Kier alpha value is -2.06. The monoisotopic (exact) mass is 268 g/mol. The van der Waals surface area contributed by atoms with Gasteiger partial charge in [0.1, 0.15) is 5.01 Å². The number of hydrogen-bond donors (Lipinski definition) is 0. The topological polar surface area (TPSA) is 61.9 Å². The average Bonchev–Trinajstić information content (AvgIpc) is 3.07. The molecule has 0 spiro atoms. The molecule has 1 aliphatic rings. The summed E-state index contributed by atoms with van der Waals surface area (Å²) in [5.74, 6) is 0. The molecule has 5 heteroatoms. The number of nitrogens with zero attached hydrogens (tertiary/aromatic N) is 4. The van der Waals surface area contributed by atoms with E-state index in [1.807, 2.05) is 31.5 Å². The zero-order valence-electron chi connectivity index (χ0n) is 10.7. The van der Waals surface area contributed by atoms with Crippen molar-refractivity contribution in [1.29, 1.82) is 5.26 Å². The van der Waals surface area contributed by atoms with Crippen molar-refractivity contribution in [1.82, 2.24) is 9.97 Å². The molecule has 0 atom stereocenters. The molecular formula is C14H12N4S. The van der Waals surface area contributed by atoms with Crippen LogP contribution in [0.2, 0.25) is 0 Å². The van der Waals surface area contributed by atoms with Gasteiger partial charge in [0.2, 0.25) is 0 Å². The van der Waals surface area contributed by atoms with Crippen LogP contribution in [-0.2, 0) is 12.0 Å². The Labute approximate surface area is 115 Å². The number of fused-ring (bicyclic) bond motifs is 1. The molecule has 3 rings (SSSR count). The van der Waals surface area contributed by atoms with Crippen LogP contribution >= 0.6 is 11.3 Å². The van der Waals surface area contributed by atoms with Crippen molar-refractivity contribution in [2.45, 2.75) is 25.8 Å². The zero-order valence-corrected chi connectivity index (χ0v) is 11.5. The smallest absolute Gasteiger partial charge is 0.124 e. The third-order valence-corrected chi connectivity index (χ3v) is 4.06. The number of nitriles is 1. The van der Waals surface area contributed by atoms with Gasteiger partial charge in [-0.15, -0.1) is 11.3 Å². The highest BCUT2D eigenvalue weighted by Crippen LogP contribution is 2.32. The molecule has 0 saturated heterocycles. The number of thiazole rings is 1. The van der Waals surface area contributed by atoms with Crippen molar-refractivity contribution in [3.63, 3.8) is 0 Å². The van der Waals surface area contributed by atoms with E-state index < -0.39 is 5.41 Å². The molecule has 0 fully saturated rings. The van der Waals surface area contributed by atoms with Gasteiger partial charge in [-0.25, -0.2) is 4.98 Å². The van der Waals surface area contributed by atoms with Gasteiger partial charge in [-0.1, -0.05) is 0 Å². The number of hydrogen-bond acceptors (Lipinski definition) is 5. The second kappa shape index (κ2) is 4.25. The number of pyridine rings is 1. The van der Waals surface area contributed by atoms with Crippen molar-refractivity contribution in [2.24, 2.45) is 4.99 Å². The summed E-state index contributed by atoms with van der Waals surface area (Å²) in [6, 6.07) is 4.24. The van der Waals surface area contributed by atoms with Gasteiger partial charge in [0, 0.05) is 28.9 Å². The first-order valence-electron chi connectivity index (χ1n) is 5.97. The highest BCUT2D eigenvalue weighted by Gasteiger charge is 2.24. The van der Waals surface area contributed by atoms with Crippen LogP contribution in [0.3, 0.4) is 0 Å². The second-order valence-corrected chi connectivity index (χ2v) is 5.82. The van der Waals surface area contributed by atoms with Gasteiger partial charge in [-0.3, -0.25) is 9.98 Å². The van der Waals surface area contributed by atoms with Gasteiger partial charge >= 0.3 is 0 Å². The van der Waals surface area contributed by atoms with Gasteiger partial charge in [0.25, 0.3) is 0 Å². The molecule has 0 aliphatic carbocycles. The minimum absolute atomic E-state index is 0.557. The summed E-state index contributed by atoms with van der Waals surface area (Å²) in [7, 11) is 0. The van der Waals surface area contributed by atoms with E-state index in [2.05, 4.69) is 21.0 Å². The third-order valence-electron chi connectivity index (χ3n) is 3.19. The van der Waals surface area contributed by atoms with Gasteiger partial charge in [-0.05, 0) is 19.9 Å². The maximum Gasteiger partial charge on any atom is 0.124 e. The molecule has 3 heterocycles. The standard InChI is InChI=1S/C14H12N4S/c1-14(2,8-15)12-7-19-13(18-12)9-3-4-17-11-6-16-5-10(9)11/h3-5,7H,6H2,1-2H3. The van der Waals surface area contributed by atoms with Crippen LogP contribution in [-0.4, -0.2) is 16.2 Å². The number of rotatable bonds is 2. The van der Waals surface area contributed by atoms with E-state index in [0.29, 0.717) is 6.54 Å². The maximum absolute atomic E-state index is 9.17. The molecule has 1 aliphatic heterocycles. The third kappa shape index (κ3) is 1.94. The molecule has 2 aromatic rings. The van der Waals surface area contributed by atoms with Crippen LogP contribution in [0.25, 0.3) is 10.6 Å². The summed E-state index contributed by atoms with van der Waals surface area (Å²) in [6.45, 7) is 4.40. The molecule has 19 heavy (non-hydrogen) atoms. The molecule has 0 saturated carbocycles. The maximum atomic E-state index is 9.17. The normalized spacial score (nSPS) is 13.3. The SMILES string of the molecule is CC(C)(C#N)c1csc(-c2ccnc3c2C=NC3)n1. The quantitative estimate of drug-likeness (QED) is 0.841. The van der Waals surface area contributed by atoms with Crippen molar-refractivity contribution in [2.75, 3.05) is 0 Å². The van der Waals surface area contributed by atoms with E-state index in [1.54, 1.807) is 17.5 Å². The summed E-state index contributed by atoms with van der Waals surface area (Å²) < 4.78 is 0. The van der Waals surface area contributed by atoms with Crippen LogP contribution in [0, 0.1) is 11.3 Å². The summed E-state index contributed by atoms with van der Waals surface area (Å²) in [5, 5.41) is 12.0. The molecular weight excluding hydrogens is 256 g/mol. The van der Waals surface area contributed by atoms with Gasteiger partial charge in [0.15, 0.2) is 0 Å². The summed E-state index contributed by atoms with van der Waals surface area (Å²) in [6.07, 6.45) is 3.65. The number of aromatic nitrogens is 2. The van der Waals surface area contributed by atoms with E-state index >= 15 is 0 Å². The largest absolute Gasteiger partial charge is 0.286 e. The second-order valence-electron chi connectivity index (χ2n) is 4.96.